The minimum atomic E-state index is -0.515. The highest BCUT2D eigenvalue weighted by atomic mass is 19.1. The number of amides is 1. The number of halogens is 1. The lowest BCUT2D eigenvalue weighted by atomic mass is 9.74. The number of fused-ring (bicyclic) bond motifs is 1. The van der Waals surface area contributed by atoms with E-state index in [9.17, 15) is 9.18 Å². The molecule has 0 bridgehead atoms. The summed E-state index contributed by atoms with van der Waals surface area (Å²) in [7, 11) is 0. The van der Waals surface area contributed by atoms with Crippen LogP contribution < -0.4 is 10.1 Å². The fraction of sp³-hybridized carbons (Fsp3) is 0.500. The predicted molar refractivity (Wildman–Crippen MR) is 120 cm³/mol. The normalized spacial score (nSPS) is 22.5. The Balaban J connectivity index is 1.41. The van der Waals surface area contributed by atoms with Gasteiger partial charge < -0.3 is 10.1 Å². The van der Waals surface area contributed by atoms with Crippen LogP contribution in [0.15, 0.2) is 48.5 Å². The van der Waals surface area contributed by atoms with Crippen LogP contribution >= 0.6 is 0 Å². The Bertz CT molecular complexity index is 892. The smallest absolute Gasteiger partial charge is 0.260 e. The number of benzene rings is 2. The zero-order chi connectivity index (χ0) is 21.7. The lowest BCUT2D eigenvalue weighted by Crippen LogP contribution is -2.48. The number of rotatable bonds is 2. The number of carbonyl (C=O) groups is 1. The summed E-state index contributed by atoms with van der Waals surface area (Å²) in [5, 5.41) is 3.17. The van der Waals surface area contributed by atoms with Gasteiger partial charge in [0.15, 0.2) is 6.10 Å². The van der Waals surface area contributed by atoms with E-state index in [1.54, 1.807) is 6.07 Å². The van der Waals surface area contributed by atoms with Crippen molar-refractivity contribution >= 4 is 5.91 Å². The van der Waals surface area contributed by atoms with Crippen molar-refractivity contribution < 1.29 is 13.9 Å². The highest BCUT2D eigenvalue weighted by Gasteiger charge is 2.35. The zero-order valence-electron chi connectivity index (χ0n) is 18.4. The number of piperidine rings is 1. The lowest BCUT2D eigenvalue weighted by Gasteiger charge is -2.42. The van der Waals surface area contributed by atoms with E-state index in [1.165, 1.54) is 11.6 Å². The van der Waals surface area contributed by atoms with Crippen molar-refractivity contribution in [2.24, 2.45) is 5.41 Å². The molecule has 31 heavy (non-hydrogen) atoms. The highest BCUT2D eigenvalue weighted by Crippen LogP contribution is 2.37. The Morgan fingerprint density at radius 3 is 2.61 bits per heavy atom. The molecular formula is C26H33FN2O2. The molecule has 1 spiro atoms. The maximum Gasteiger partial charge on any atom is 0.260 e. The van der Waals surface area contributed by atoms with Crippen LogP contribution in [-0.2, 0) is 17.8 Å². The molecule has 2 heterocycles. The van der Waals surface area contributed by atoms with Crippen molar-refractivity contribution in [2.45, 2.75) is 58.1 Å². The first-order valence-electron chi connectivity index (χ1n) is 11.5. The zero-order valence-corrected chi connectivity index (χ0v) is 18.4. The summed E-state index contributed by atoms with van der Waals surface area (Å²) in [4.78, 5) is 15.1. The van der Waals surface area contributed by atoms with E-state index < -0.39 is 6.10 Å². The Morgan fingerprint density at radius 2 is 1.81 bits per heavy atom. The van der Waals surface area contributed by atoms with Gasteiger partial charge in [-0.05, 0) is 75.2 Å². The van der Waals surface area contributed by atoms with Gasteiger partial charge >= 0.3 is 0 Å². The van der Waals surface area contributed by atoms with E-state index in [-0.39, 0.29) is 17.1 Å². The monoisotopic (exact) mass is 424 g/mol. The third-order valence-electron chi connectivity index (χ3n) is 6.95. The van der Waals surface area contributed by atoms with Crippen LogP contribution in [0.1, 0.15) is 50.2 Å². The molecule has 0 saturated carbocycles. The van der Waals surface area contributed by atoms with Gasteiger partial charge in [0.1, 0.15) is 11.6 Å². The van der Waals surface area contributed by atoms with Crippen molar-refractivity contribution in [2.75, 3.05) is 19.6 Å². The minimum Gasteiger partial charge on any atom is -0.481 e. The summed E-state index contributed by atoms with van der Waals surface area (Å²) in [6.45, 7) is 5.02. The SMILES string of the molecule is C[C@H]1Oc2ccccc2CCCCC2(CCN(Cc3ccccc3F)CC2)CNC1=O. The van der Waals surface area contributed by atoms with Crippen LogP contribution in [0.2, 0.25) is 0 Å². The van der Waals surface area contributed by atoms with Gasteiger partial charge in [-0.25, -0.2) is 4.39 Å². The van der Waals surface area contributed by atoms with Gasteiger partial charge in [-0.3, -0.25) is 9.69 Å². The molecular weight excluding hydrogens is 391 g/mol. The lowest BCUT2D eigenvalue weighted by molar-refractivity contribution is -0.128. The Morgan fingerprint density at radius 1 is 1.06 bits per heavy atom. The molecule has 2 aromatic carbocycles. The molecule has 0 aliphatic carbocycles. The standard InChI is InChI=1S/C26H33FN2O2/c1-20-25(30)28-19-26(13-7-6-9-21-8-3-5-12-24(21)31-20)14-16-29(17-15-26)18-22-10-2-4-11-23(22)27/h2-5,8,10-12,20H,6-7,9,13-19H2,1H3,(H,28,30)/t20-/m1/s1. The summed E-state index contributed by atoms with van der Waals surface area (Å²) < 4.78 is 20.0. The molecule has 1 amide bonds. The van der Waals surface area contributed by atoms with Gasteiger partial charge in [0.2, 0.25) is 0 Å². The van der Waals surface area contributed by atoms with E-state index in [0.29, 0.717) is 13.1 Å². The van der Waals surface area contributed by atoms with Crippen LogP contribution in [0.3, 0.4) is 0 Å². The summed E-state index contributed by atoms with van der Waals surface area (Å²) in [6.07, 6.45) is 5.86. The summed E-state index contributed by atoms with van der Waals surface area (Å²) in [6, 6.07) is 15.1. The average molecular weight is 425 g/mol. The number of hydrogen-bond acceptors (Lipinski definition) is 3. The average Bonchev–Trinajstić information content (AvgIpc) is 2.78. The van der Waals surface area contributed by atoms with Crippen molar-refractivity contribution in [3.63, 3.8) is 0 Å². The number of hydrogen-bond donors (Lipinski definition) is 1. The summed E-state index contributed by atoms with van der Waals surface area (Å²) in [5.41, 5.74) is 2.05. The minimum absolute atomic E-state index is 0.0523. The van der Waals surface area contributed by atoms with E-state index >= 15 is 0 Å². The van der Waals surface area contributed by atoms with Gasteiger partial charge in [-0.1, -0.05) is 42.8 Å². The molecule has 166 valence electrons. The van der Waals surface area contributed by atoms with Crippen molar-refractivity contribution in [3.05, 3.63) is 65.5 Å². The quantitative estimate of drug-likeness (QED) is 0.759. The van der Waals surface area contributed by atoms with Crippen molar-refractivity contribution in [1.29, 1.82) is 0 Å². The van der Waals surface area contributed by atoms with Crippen molar-refractivity contribution in [1.82, 2.24) is 10.2 Å². The Labute approximate surface area is 184 Å². The maximum atomic E-state index is 14.0. The summed E-state index contributed by atoms with van der Waals surface area (Å²) >= 11 is 0. The molecule has 1 N–H and O–H groups in total. The third kappa shape index (κ3) is 5.45. The van der Waals surface area contributed by atoms with Gasteiger partial charge in [-0.15, -0.1) is 0 Å². The van der Waals surface area contributed by atoms with Crippen LogP contribution in [0.5, 0.6) is 5.75 Å². The van der Waals surface area contributed by atoms with Gasteiger partial charge in [0.05, 0.1) is 0 Å². The largest absolute Gasteiger partial charge is 0.481 e. The second-order valence-corrected chi connectivity index (χ2v) is 9.16. The number of ether oxygens (including phenoxy) is 1. The molecule has 1 fully saturated rings. The van der Waals surface area contributed by atoms with E-state index in [0.717, 1.165) is 62.9 Å². The molecule has 2 aliphatic heterocycles. The number of likely N-dealkylation sites (tertiary alicyclic amines) is 1. The van der Waals surface area contributed by atoms with Crippen molar-refractivity contribution in [3.8, 4) is 5.75 Å². The molecule has 2 aliphatic rings. The fourth-order valence-corrected chi connectivity index (χ4v) is 4.87. The van der Waals surface area contributed by atoms with Crippen LogP contribution in [-0.4, -0.2) is 36.5 Å². The highest BCUT2D eigenvalue weighted by molar-refractivity contribution is 5.80. The Hall–Kier alpha value is -2.40. The first-order valence-corrected chi connectivity index (χ1v) is 11.5. The van der Waals surface area contributed by atoms with Crippen LogP contribution in [0, 0.1) is 11.2 Å². The number of carbonyl (C=O) groups excluding carboxylic acids is 1. The molecule has 4 rings (SSSR count). The topological polar surface area (TPSA) is 41.6 Å². The second kappa shape index (κ2) is 9.82. The molecule has 4 nitrogen and oxygen atoms in total. The number of nitrogens with zero attached hydrogens (tertiary/aromatic N) is 1. The van der Waals surface area contributed by atoms with Gasteiger partial charge in [-0.2, -0.15) is 0 Å². The predicted octanol–water partition coefficient (Wildman–Crippen LogP) is 4.72. The van der Waals surface area contributed by atoms with Crippen LogP contribution in [0.4, 0.5) is 4.39 Å². The van der Waals surface area contributed by atoms with Gasteiger partial charge in [0.25, 0.3) is 5.91 Å². The van der Waals surface area contributed by atoms with E-state index in [4.69, 9.17) is 4.74 Å². The van der Waals surface area contributed by atoms with Gasteiger partial charge in [0, 0.05) is 18.7 Å². The molecule has 0 aromatic heterocycles. The Kier molecular flexibility index (Phi) is 6.91. The van der Waals surface area contributed by atoms with E-state index in [1.807, 2.05) is 37.3 Å². The molecule has 0 unspecified atom stereocenters. The second-order valence-electron chi connectivity index (χ2n) is 9.16. The first kappa shape index (κ1) is 21.8. The molecule has 0 radical (unpaired) electrons. The van der Waals surface area contributed by atoms with Crippen LogP contribution in [0.25, 0.3) is 0 Å². The summed E-state index contributed by atoms with van der Waals surface area (Å²) in [5.74, 6) is 0.640. The molecule has 1 atom stereocenters. The number of aryl methyl sites for hydroxylation is 1. The molecule has 5 heteroatoms. The van der Waals surface area contributed by atoms with E-state index in [2.05, 4.69) is 16.3 Å². The number of para-hydroxylation sites is 1. The fourth-order valence-electron chi connectivity index (χ4n) is 4.87. The maximum absolute atomic E-state index is 14.0. The third-order valence-corrected chi connectivity index (χ3v) is 6.95. The number of nitrogens with one attached hydrogen (secondary N) is 1. The molecule has 1 saturated heterocycles. The molecule has 2 aromatic rings. The first-order chi connectivity index (χ1) is 15.0.